The van der Waals surface area contributed by atoms with E-state index in [9.17, 15) is 9.59 Å². The molecular formula is C18H18ClN3O3. The summed E-state index contributed by atoms with van der Waals surface area (Å²) in [6.45, 7) is 4.21. The summed E-state index contributed by atoms with van der Waals surface area (Å²) in [6.07, 6.45) is 1.60. The highest BCUT2D eigenvalue weighted by Gasteiger charge is 2.38. The van der Waals surface area contributed by atoms with Crippen LogP contribution >= 0.6 is 11.6 Å². The molecule has 1 saturated heterocycles. The summed E-state index contributed by atoms with van der Waals surface area (Å²) in [5.41, 5.74) is 0.872. The summed E-state index contributed by atoms with van der Waals surface area (Å²) < 4.78 is 5.67. The molecule has 1 aliphatic rings. The van der Waals surface area contributed by atoms with Gasteiger partial charge in [0.05, 0.1) is 12.0 Å². The van der Waals surface area contributed by atoms with Crippen LogP contribution in [-0.4, -0.2) is 28.4 Å². The first-order chi connectivity index (χ1) is 12.0. The van der Waals surface area contributed by atoms with Crippen molar-refractivity contribution in [3.8, 4) is 11.6 Å². The van der Waals surface area contributed by atoms with Gasteiger partial charge in [0.25, 0.3) is 0 Å². The minimum atomic E-state index is -0.365. The largest absolute Gasteiger partial charge is 0.438 e. The topological polar surface area (TPSA) is 71.5 Å². The molecule has 1 fully saturated rings. The summed E-state index contributed by atoms with van der Waals surface area (Å²) in [5.74, 6) is 0.300. The summed E-state index contributed by atoms with van der Waals surface area (Å²) in [5, 5.41) is 2.80. The summed E-state index contributed by atoms with van der Waals surface area (Å²) in [6, 6.07) is 10.0. The first-order valence-corrected chi connectivity index (χ1v) is 8.39. The van der Waals surface area contributed by atoms with Crippen LogP contribution in [0.1, 0.15) is 25.5 Å². The molecule has 7 heteroatoms. The van der Waals surface area contributed by atoms with Crippen molar-refractivity contribution in [2.45, 2.75) is 19.9 Å². The maximum Gasteiger partial charge on any atom is 0.324 e. The number of nitrogens with zero attached hydrogens (tertiary/aromatic N) is 2. The van der Waals surface area contributed by atoms with Gasteiger partial charge in [0, 0.05) is 12.7 Å². The van der Waals surface area contributed by atoms with Gasteiger partial charge in [-0.15, -0.1) is 0 Å². The number of amides is 3. The third-order valence-corrected chi connectivity index (χ3v) is 4.50. The van der Waals surface area contributed by atoms with Crippen molar-refractivity contribution < 1.29 is 14.3 Å². The molecule has 3 amide bonds. The van der Waals surface area contributed by atoms with E-state index in [-0.39, 0.29) is 23.9 Å². The lowest BCUT2D eigenvalue weighted by molar-refractivity contribution is -0.127. The van der Waals surface area contributed by atoms with Gasteiger partial charge in [0.15, 0.2) is 0 Å². The molecule has 2 heterocycles. The van der Waals surface area contributed by atoms with E-state index in [0.717, 1.165) is 5.56 Å². The molecule has 2 aromatic rings. The van der Waals surface area contributed by atoms with Crippen LogP contribution in [0.2, 0.25) is 5.02 Å². The molecule has 0 radical (unpaired) electrons. The Balaban J connectivity index is 1.84. The SMILES string of the molecule is CCN1C(=O)NC(=O)C(C)C1c1ccc(Oc2ncccc2Cl)cc1. The lowest BCUT2D eigenvalue weighted by atomic mass is 9.90. The van der Waals surface area contributed by atoms with E-state index in [4.69, 9.17) is 16.3 Å². The monoisotopic (exact) mass is 359 g/mol. The number of pyridine rings is 1. The number of urea groups is 1. The fraction of sp³-hybridized carbons (Fsp3) is 0.278. The standard InChI is InChI=1S/C18H18ClN3O3/c1-3-22-15(11(2)16(23)21-18(22)24)12-6-8-13(9-7-12)25-17-14(19)5-4-10-20-17/h4-11,15H,3H2,1-2H3,(H,21,23,24). The summed E-state index contributed by atoms with van der Waals surface area (Å²) >= 11 is 6.04. The van der Waals surface area contributed by atoms with Gasteiger partial charge in [0.2, 0.25) is 11.8 Å². The van der Waals surface area contributed by atoms with Gasteiger partial charge in [-0.2, -0.15) is 0 Å². The minimum Gasteiger partial charge on any atom is -0.438 e. The zero-order chi connectivity index (χ0) is 18.0. The molecule has 25 heavy (non-hydrogen) atoms. The van der Waals surface area contributed by atoms with E-state index < -0.39 is 0 Å². The maximum atomic E-state index is 12.1. The Bertz CT molecular complexity index is 794. The van der Waals surface area contributed by atoms with Gasteiger partial charge < -0.3 is 9.64 Å². The number of nitrogens with one attached hydrogen (secondary N) is 1. The Morgan fingerprint density at radius 3 is 2.60 bits per heavy atom. The third-order valence-electron chi connectivity index (χ3n) is 4.22. The molecular weight excluding hydrogens is 342 g/mol. The second-order valence-electron chi connectivity index (χ2n) is 5.78. The number of hydrogen-bond donors (Lipinski definition) is 1. The highest BCUT2D eigenvalue weighted by Crippen LogP contribution is 2.33. The Morgan fingerprint density at radius 2 is 1.96 bits per heavy atom. The van der Waals surface area contributed by atoms with Gasteiger partial charge in [-0.05, 0) is 36.8 Å². The molecule has 3 rings (SSSR count). The van der Waals surface area contributed by atoms with Crippen LogP contribution in [0.5, 0.6) is 11.6 Å². The highest BCUT2D eigenvalue weighted by molar-refractivity contribution is 6.31. The van der Waals surface area contributed by atoms with Gasteiger partial charge in [0.1, 0.15) is 10.8 Å². The van der Waals surface area contributed by atoms with Gasteiger partial charge in [-0.25, -0.2) is 9.78 Å². The first-order valence-electron chi connectivity index (χ1n) is 8.01. The van der Waals surface area contributed by atoms with Crippen LogP contribution in [0.4, 0.5) is 4.79 Å². The van der Waals surface area contributed by atoms with Gasteiger partial charge >= 0.3 is 6.03 Å². The van der Waals surface area contributed by atoms with Crippen LogP contribution in [-0.2, 0) is 4.79 Å². The average molecular weight is 360 g/mol. The van der Waals surface area contributed by atoms with Crippen LogP contribution in [0.25, 0.3) is 0 Å². The van der Waals surface area contributed by atoms with Crippen LogP contribution in [0, 0.1) is 5.92 Å². The molecule has 1 aliphatic heterocycles. The molecule has 2 atom stereocenters. The number of halogens is 1. The molecule has 6 nitrogen and oxygen atoms in total. The van der Waals surface area contributed by atoms with Gasteiger partial charge in [-0.1, -0.05) is 30.7 Å². The van der Waals surface area contributed by atoms with Crippen molar-refractivity contribution in [2.24, 2.45) is 5.92 Å². The molecule has 2 unspecified atom stereocenters. The first kappa shape index (κ1) is 17.2. The molecule has 1 aromatic heterocycles. The van der Waals surface area contributed by atoms with Crippen LogP contribution < -0.4 is 10.1 Å². The van der Waals surface area contributed by atoms with Crippen LogP contribution in [0.15, 0.2) is 42.6 Å². The predicted molar refractivity (Wildman–Crippen MR) is 93.6 cm³/mol. The number of benzene rings is 1. The normalized spacial score (nSPS) is 20.4. The molecule has 130 valence electrons. The molecule has 1 aromatic carbocycles. The lowest BCUT2D eigenvalue weighted by Crippen LogP contribution is -2.55. The fourth-order valence-corrected chi connectivity index (χ4v) is 3.09. The van der Waals surface area contributed by atoms with E-state index >= 15 is 0 Å². The minimum absolute atomic E-state index is 0.264. The van der Waals surface area contributed by atoms with E-state index in [1.165, 1.54) is 0 Å². The van der Waals surface area contributed by atoms with Crippen molar-refractivity contribution in [3.63, 3.8) is 0 Å². The third kappa shape index (κ3) is 3.44. The number of aromatic nitrogens is 1. The number of carbonyl (C=O) groups is 2. The lowest BCUT2D eigenvalue weighted by Gasteiger charge is -2.38. The molecule has 0 aliphatic carbocycles. The van der Waals surface area contributed by atoms with Crippen molar-refractivity contribution in [2.75, 3.05) is 6.54 Å². The van der Waals surface area contributed by atoms with Crippen molar-refractivity contribution in [1.29, 1.82) is 0 Å². The van der Waals surface area contributed by atoms with Gasteiger partial charge in [-0.3, -0.25) is 10.1 Å². The number of hydrogen-bond acceptors (Lipinski definition) is 4. The fourth-order valence-electron chi connectivity index (χ4n) is 2.93. The van der Waals surface area contributed by atoms with Crippen molar-refractivity contribution in [3.05, 3.63) is 53.2 Å². The second-order valence-corrected chi connectivity index (χ2v) is 6.18. The van der Waals surface area contributed by atoms with E-state index in [2.05, 4.69) is 10.3 Å². The van der Waals surface area contributed by atoms with Crippen LogP contribution in [0.3, 0.4) is 0 Å². The van der Waals surface area contributed by atoms with E-state index in [0.29, 0.717) is 23.2 Å². The number of rotatable bonds is 4. The molecule has 0 spiro atoms. The second kappa shape index (κ2) is 7.11. The Hall–Kier alpha value is -2.60. The average Bonchev–Trinajstić information content (AvgIpc) is 2.61. The summed E-state index contributed by atoms with van der Waals surface area (Å²) in [7, 11) is 0. The van der Waals surface area contributed by atoms with Crippen molar-refractivity contribution in [1.82, 2.24) is 15.2 Å². The predicted octanol–water partition coefficient (Wildman–Crippen LogP) is 3.78. The molecule has 0 bridgehead atoms. The zero-order valence-corrected chi connectivity index (χ0v) is 14.7. The van der Waals surface area contributed by atoms with E-state index in [1.54, 1.807) is 35.4 Å². The molecule has 1 N–H and O–H groups in total. The number of imide groups is 1. The number of ether oxygens (including phenoxy) is 1. The Morgan fingerprint density at radius 1 is 1.24 bits per heavy atom. The Kier molecular flexibility index (Phi) is 4.90. The maximum absolute atomic E-state index is 12.1. The summed E-state index contributed by atoms with van der Waals surface area (Å²) in [4.78, 5) is 29.8. The molecule has 0 saturated carbocycles. The highest BCUT2D eigenvalue weighted by atomic mass is 35.5. The number of carbonyl (C=O) groups excluding carboxylic acids is 2. The van der Waals surface area contributed by atoms with E-state index in [1.807, 2.05) is 26.0 Å². The Labute approximate surface area is 150 Å². The van der Waals surface area contributed by atoms with Crippen molar-refractivity contribution >= 4 is 23.5 Å². The quantitative estimate of drug-likeness (QED) is 0.901. The zero-order valence-electron chi connectivity index (χ0n) is 13.9. The smallest absolute Gasteiger partial charge is 0.324 e.